The van der Waals surface area contributed by atoms with Crippen LogP contribution < -0.4 is 10.6 Å². The van der Waals surface area contributed by atoms with Gasteiger partial charge in [-0.3, -0.25) is 0 Å². The first-order valence-electron chi connectivity index (χ1n) is 7.86. The van der Waals surface area contributed by atoms with Crippen LogP contribution in [-0.2, 0) is 17.7 Å². The van der Waals surface area contributed by atoms with Crippen molar-refractivity contribution in [2.45, 2.75) is 26.8 Å². The fraction of sp³-hybridized carbons (Fsp3) is 0.412. The monoisotopic (exact) mass is 349 g/mol. The molecule has 2 aromatic heterocycles. The number of carbonyl (C=O) groups excluding carboxylic acids is 1. The third-order valence-corrected chi connectivity index (χ3v) is 4.29. The van der Waals surface area contributed by atoms with Crippen molar-refractivity contribution in [3.05, 3.63) is 45.5 Å². The molecule has 0 radical (unpaired) electrons. The zero-order valence-corrected chi connectivity index (χ0v) is 15.0. The Hall–Kier alpha value is -2.28. The van der Waals surface area contributed by atoms with Gasteiger partial charge in [-0.25, -0.2) is 9.79 Å². The van der Waals surface area contributed by atoms with E-state index in [0.717, 1.165) is 25.5 Å². The number of methoxy groups -OCH3 is 1. The van der Waals surface area contributed by atoms with Crippen molar-refractivity contribution >= 4 is 23.3 Å². The lowest BCUT2D eigenvalue weighted by molar-refractivity contribution is 0.0599. The first-order chi connectivity index (χ1) is 11.6. The van der Waals surface area contributed by atoms with Crippen LogP contribution in [0.25, 0.3) is 0 Å². The van der Waals surface area contributed by atoms with Crippen LogP contribution in [0.2, 0.25) is 0 Å². The molecular formula is C17H23N3O3S. The fourth-order valence-electron chi connectivity index (χ4n) is 2.19. The Balaban J connectivity index is 1.93. The van der Waals surface area contributed by atoms with Crippen molar-refractivity contribution in [3.63, 3.8) is 0 Å². The molecule has 0 aromatic carbocycles. The molecule has 0 aliphatic carbocycles. The molecule has 0 spiro atoms. The highest BCUT2D eigenvalue weighted by Crippen LogP contribution is 2.16. The van der Waals surface area contributed by atoms with Gasteiger partial charge in [0, 0.05) is 18.0 Å². The Kier molecular flexibility index (Phi) is 6.87. The van der Waals surface area contributed by atoms with Crippen LogP contribution in [0.1, 0.15) is 33.7 Å². The number of aliphatic imine (C=N–C) groups is 1. The first kappa shape index (κ1) is 18.1. The number of rotatable bonds is 7. The third-order valence-electron chi connectivity index (χ3n) is 3.36. The van der Waals surface area contributed by atoms with E-state index in [1.165, 1.54) is 12.0 Å². The number of hydrogen-bond acceptors (Lipinski definition) is 5. The van der Waals surface area contributed by atoms with Crippen LogP contribution in [0.4, 0.5) is 0 Å². The molecule has 2 heterocycles. The van der Waals surface area contributed by atoms with Crippen molar-refractivity contribution in [1.29, 1.82) is 0 Å². The Bertz CT molecular complexity index is 677. The molecule has 2 rings (SSSR count). The van der Waals surface area contributed by atoms with Gasteiger partial charge in [0.25, 0.3) is 0 Å². The zero-order chi connectivity index (χ0) is 17.4. The summed E-state index contributed by atoms with van der Waals surface area (Å²) >= 11 is 1.75. The summed E-state index contributed by atoms with van der Waals surface area (Å²) in [5.74, 6) is 1.50. The molecule has 0 atom stereocenters. The second-order valence-corrected chi connectivity index (χ2v) is 6.16. The standard InChI is InChI=1S/C17H23N3O3S/c1-4-18-17(19-8-7-14-6-5-9-24-14)20-11-13-10-15(12(2)23-13)16(21)22-3/h5-6,9-10H,4,7-8,11H2,1-3H3,(H2,18,19,20). The number of guanidine groups is 1. The molecule has 130 valence electrons. The lowest BCUT2D eigenvalue weighted by Gasteiger charge is -2.10. The van der Waals surface area contributed by atoms with Crippen LogP contribution in [0.5, 0.6) is 0 Å². The number of aryl methyl sites for hydroxylation is 1. The molecule has 0 saturated heterocycles. The molecule has 0 saturated carbocycles. The Morgan fingerprint density at radius 1 is 1.42 bits per heavy atom. The van der Waals surface area contributed by atoms with Gasteiger partial charge in [-0.05, 0) is 37.8 Å². The van der Waals surface area contributed by atoms with Gasteiger partial charge in [0.15, 0.2) is 5.96 Å². The van der Waals surface area contributed by atoms with Crippen molar-refractivity contribution in [2.75, 3.05) is 20.2 Å². The highest BCUT2D eigenvalue weighted by molar-refractivity contribution is 7.09. The van der Waals surface area contributed by atoms with E-state index in [9.17, 15) is 4.79 Å². The summed E-state index contributed by atoms with van der Waals surface area (Å²) < 4.78 is 10.3. The van der Waals surface area contributed by atoms with Gasteiger partial charge in [0.05, 0.1) is 7.11 Å². The maximum atomic E-state index is 11.6. The van der Waals surface area contributed by atoms with Crippen LogP contribution in [-0.4, -0.2) is 32.1 Å². The van der Waals surface area contributed by atoms with Crippen LogP contribution in [0.3, 0.4) is 0 Å². The lowest BCUT2D eigenvalue weighted by Crippen LogP contribution is -2.38. The maximum absolute atomic E-state index is 11.6. The molecule has 0 aliphatic heterocycles. The SMILES string of the molecule is CCNC(=NCc1cc(C(=O)OC)c(C)o1)NCCc1cccs1. The predicted molar refractivity (Wildman–Crippen MR) is 95.6 cm³/mol. The van der Waals surface area contributed by atoms with E-state index in [1.807, 2.05) is 6.92 Å². The second-order valence-electron chi connectivity index (χ2n) is 5.13. The Morgan fingerprint density at radius 2 is 2.25 bits per heavy atom. The molecule has 0 amide bonds. The largest absolute Gasteiger partial charge is 0.465 e. The van der Waals surface area contributed by atoms with E-state index in [4.69, 9.17) is 9.15 Å². The number of carbonyl (C=O) groups is 1. The van der Waals surface area contributed by atoms with Crippen LogP contribution >= 0.6 is 11.3 Å². The highest BCUT2D eigenvalue weighted by atomic mass is 32.1. The molecule has 2 N–H and O–H groups in total. The molecule has 0 unspecified atom stereocenters. The quantitative estimate of drug-likeness (QED) is 0.457. The number of esters is 1. The van der Waals surface area contributed by atoms with E-state index in [1.54, 1.807) is 24.3 Å². The van der Waals surface area contributed by atoms with Crippen molar-refractivity contribution in [2.24, 2.45) is 4.99 Å². The van der Waals surface area contributed by atoms with Gasteiger partial charge >= 0.3 is 5.97 Å². The Labute approximate surface area is 145 Å². The molecule has 2 aromatic rings. The average Bonchev–Trinajstić information content (AvgIpc) is 3.21. The van der Waals surface area contributed by atoms with E-state index >= 15 is 0 Å². The zero-order valence-electron chi connectivity index (χ0n) is 14.2. The van der Waals surface area contributed by atoms with Crippen molar-refractivity contribution < 1.29 is 13.9 Å². The topological polar surface area (TPSA) is 75.9 Å². The summed E-state index contributed by atoms with van der Waals surface area (Å²) in [5.41, 5.74) is 0.443. The number of thiophene rings is 1. The summed E-state index contributed by atoms with van der Waals surface area (Å²) in [6.07, 6.45) is 0.953. The molecular weight excluding hydrogens is 326 g/mol. The number of nitrogens with zero attached hydrogens (tertiary/aromatic N) is 1. The van der Waals surface area contributed by atoms with Gasteiger partial charge in [0.2, 0.25) is 0 Å². The summed E-state index contributed by atoms with van der Waals surface area (Å²) in [7, 11) is 1.35. The number of ether oxygens (including phenoxy) is 1. The van der Waals surface area contributed by atoms with Gasteiger partial charge < -0.3 is 19.8 Å². The predicted octanol–water partition coefficient (Wildman–Crippen LogP) is 2.73. The van der Waals surface area contributed by atoms with E-state index in [2.05, 4.69) is 33.1 Å². The van der Waals surface area contributed by atoms with Gasteiger partial charge in [-0.1, -0.05) is 6.07 Å². The van der Waals surface area contributed by atoms with Crippen molar-refractivity contribution in [1.82, 2.24) is 10.6 Å². The van der Waals surface area contributed by atoms with Crippen molar-refractivity contribution in [3.8, 4) is 0 Å². The third kappa shape index (κ3) is 5.13. The minimum Gasteiger partial charge on any atom is -0.465 e. The molecule has 0 aliphatic rings. The molecule has 0 bridgehead atoms. The minimum absolute atomic E-state index is 0.353. The lowest BCUT2D eigenvalue weighted by atomic mass is 10.2. The molecule has 7 heteroatoms. The smallest absolute Gasteiger partial charge is 0.341 e. The number of nitrogens with one attached hydrogen (secondary N) is 2. The van der Waals surface area contributed by atoms with Gasteiger partial charge in [-0.15, -0.1) is 11.3 Å². The molecule has 0 fully saturated rings. The van der Waals surface area contributed by atoms with E-state index in [0.29, 0.717) is 23.6 Å². The summed E-state index contributed by atoms with van der Waals surface area (Å²) in [6.45, 7) is 5.69. The van der Waals surface area contributed by atoms with E-state index < -0.39 is 5.97 Å². The summed E-state index contributed by atoms with van der Waals surface area (Å²) in [6, 6.07) is 5.85. The summed E-state index contributed by atoms with van der Waals surface area (Å²) in [5, 5.41) is 8.57. The van der Waals surface area contributed by atoms with Gasteiger partial charge in [-0.2, -0.15) is 0 Å². The van der Waals surface area contributed by atoms with Crippen LogP contribution in [0, 0.1) is 6.92 Å². The highest BCUT2D eigenvalue weighted by Gasteiger charge is 2.15. The second kappa shape index (κ2) is 9.12. The minimum atomic E-state index is -0.396. The number of hydrogen-bond donors (Lipinski definition) is 2. The molecule has 24 heavy (non-hydrogen) atoms. The van der Waals surface area contributed by atoms with Crippen LogP contribution in [0.15, 0.2) is 33.0 Å². The maximum Gasteiger partial charge on any atom is 0.341 e. The first-order valence-corrected chi connectivity index (χ1v) is 8.74. The van der Waals surface area contributed by atoms with Gasteiger partial charge in [0.1, 0.15) is 23.6 Å². The number of furan rings is 1. The fourth-order valence-corrected chi connectivity index (χ4v) is 2.90. The molecule has 6 nitrogen and oxygen atoms in total. The summed E-state index contributed by atoms with van der Waals surface area (Å²) in [4.78, 5) is 17.4. The average molecular weight is 349 g/mol. The Morgan fingerprint density at radius 3 is 2.92 bits per heavy atom. The normalized spacial score (nSPS) is 11.4. The van der Waals surface area contributed by atoms with E-state index in [-0.39, 0.29) is 0 Å².